The van der Waals surface area contributed by atoms with E-state index in [-0.39, 0.29) is 5.91 Å². The summed E-state index contributed by atoms with van der Waals surface area (Å²) in [6.45, 7) is 2.82. The SMILES string of the molecule is CC(=O)NCCCNc1ncc(Cl)cc1N. The first kappa shape index (κ1) is 12.6. The second-order valence-corrected chi connectivity index (χ2v) is 3.79. The van der Waals surface area contributed by atoms with Gasteiger partial charge in [0.1, 0.15) is 5.82 Å². The van der Waals surface area contributed by atoms with Crippen LogP contribution in [-0.4, -0.2) is 24.0 Å². The van der Waals surface area contributed by atoms with E-state index < -0.39 is 0 Å². The van der Waals surface area contributed by atoms with Crippen molar-refractivity contribution in [3.05, 3.63) is 17.3 Å². The summed E-state index contributed by atoms with van der Waals surface area (Å²) >= 11 is 5.72. The molecule has 0 aromatic carbocycles. The molecule has 0 atom stereocenters. The molecule has 0 saturated carbocycles. The number of rotatable bonds is 5. The molecule has 1 amide bonds. The topological polar surface area (TPSA) is 80.0 Å². The van der Waals surface area contributed by atoms with E-state index in [0.29, 0.717) is 29.6 Å². The van der Waals surface area contributed by atoms with Gasteiger partial charge in [0.15, 0.2) is 0 Å². The van der Waals surface area contributed by atoms with Crippen molar-refractivity contribution < 1.29 is 4.79 Å². The van der Waals surface area contributed by atoms with Gasteiger partial charge in [-0.25, -0.2) is 4.98 Å². The third kappa shape index (κ3) is 4.35. The van der Waals surface area contributed by atoms with Crippen LogP contribution >= 0.6 is 11.6 Å². The summed E-state index contributed by atoms with van der Waals surface area (Å²) in [5.41, 5.74) is 6.23. The number of anilines is 2. The van der Waals surface area contributed by atoms with Crippen LogP contribution in [0.5, 0.6) is 0 Å². The molecular formula is C10H15ClN4O. The summed E-state index contributed by atoms with van der Waals surface area (Å²) in [4.78, 5) is 14.6. The molecule has 1 aromatic rings. The first-order valence-electron chi connectivity index (χ1n) is 4.99. The zero-order valence-electron chi connectivity index (χ0n) is 9.09. The molecule has 16 heavy (non-hydrogen) atoms. The summed E-state index contributed by atoms with van der Waals surface area (Å²) in [5.74, 6) is 0.594. The van der Waals surface area contributed by atoms with Gasteiger partial charge in [-0.05, 0) is 12.5 Å². The van der Waals surface area contributed by atoms with Crippen LogP contribution in [0, 0.1) is 0 Å². The number of nitrogen functional groups attached to an aromatic ring is 1. The average molecular weight is 243 g/mol. The van der Waals surface area contributed by atoms with Crippen molar-refractivity contribution in [1.82, 2.24) is 10.3 Å². The molecule has 0 aliphatic carbocycles. The van der Waals surface area contributed by atoms with E-state index >= 15 is 0 Å². The Morgan fingerprint density at radius 2 is 2.31 bits per heavy atom. The number of carbonyl (C=O) groups is 1. The third-order valence-corrected chi connectivity index (χ3v) is 2.11. The van der Waals surface area contributed by atoms with E-state index in [1.54, 1.807) is 6.07 Å². The molecule has 1 rings (SSSR count). The van der Waals surface area contributed by atoms with E-state index in [4.69, 9.17) is 17.3 Å². The van der Waals surface area contributed by atoms with Crippen LogP contribution < -0.4 is 16.4 Å². The highest BCUT2D eigenvalue weighted by molar-refractivity contribution is 6.30. The maximum absolute atomic E-state index is 10.6. The van der Waals surface area contributed by atoms with Gasteiger partial charge in [-0.15, -0.1) is 0 Å². The van der Waals surface area contributed by atoms with E-state index in [2.05, 4.69) is 15.6 Å². The van der Waals surface area contributed by atoms with Crippen molar-refractivity contribution in [2.45, 2.75) is 13.3 Å². The van der Waals surface area contributed by atoms with Crippen LogP contribution in [0.1, 0.15) is 13.3 Å². The average Bonchev–Trinajstić information content (AvgIpc) is 2.20. The van der Waals surface area contributed by atoms with Gasteiger partial charge in [0.25, 0.3) is 0 Å². The van der Waals surface area contributed by atoms with Crippen molar-refractivity contribution in [3.8, 4) is 0 Å². The lowest BCUT2D eigenvalue weighted by Crippen LogP contribution is -2.22. The Hall–Kier alpha value is -1.49. The molecule has 1 heterocycles. The van der Waals surface area contributed by atoms with Gasteiger partial charge >= 0.3 is 0 Å². The maximum Gasteiger partial charge on any atom is 0.216 e. The zero-order chi connectivity index (χ0) is 12.0. The maximum atomic E-state index is 10.6. The van der Waals surface area contributed by atoms with Gasteiger partial charge in [-0.1, -0.05) is 11.6 Å². The molecule has 0 aliphatic heterocycles. The summed E-state index contributed by atoms with van der Waals surface area (Å²) in [7, 11) is 0. The highest BCUT2D eigenvalue weighted by atomic mass is 35.5. The lowest BCUT2D eigenvalue weighted by molar-refractivity contribution is -0.118. The number of halogens is 1. The molecule has 5 nitrogen and oxygen atoms in total. The number of hydrogen-bond acceptors (Lipinski definition) is 4. The monoisotopic (exact) mass is 242 g/mol. The fourth-order valence-corrected chi connectivity index (χ4v) is 1.33. The second-order valence-electron chi connectivity index (χ2n) is 3.35. The quantitative estimate of drug-likeness (QED) is 0.679. The van der Waals surface area contributed by atoms with Crippen LogP contribution in [0.4, 0.5) is 11.5 Å². The number of nitrogens with zero attached hydrogens (tertiary/aromatic N) is 1. The molecule has 0 spiro atoms. The predicted octanol–water partition coefficient (Wildman–Crippen LogP) is 1.26. The van der Waals surface area contributed by atoms with Crippen LogP contribution in [0.2, 0.25) is 5.02 Å². The number of carbonyl (C=O) groups excluding carboxylic acids is 1. The Kier molecular flexibility index (Phi) is 4.85. The summed E-state index contributed by atoms with van der Waals surface area (Å²) in [6, 6.07) is 1.64. The minimum atomic E-state index is -0.0240. The Morgan fingerprint density at radius 1 is 1.56 bits per heavy atom. The van der Waals surface area contributed by atoms with Crippen molar-refractivity contribution in [2.24, 2.45) is 0 Å². The number of nitrogens with one attached hydrogen (secondary N) is 2. The number of hydrogen-bond donors (Lipinski definition) is 3. The van der Waals surface area contributed by atoms with Gasteiger partial charge in [-0.2, -0.15) is 0 Å². The van der Waals surface area contributed by atoms with Crippen LogP contribution in [0.3, 0.4) is 0 Å². The Bertz CT molecular complexity index is 370. The molecule has 0 aliphatic rings. The Morgan fingerprint density at radius 3 is 2.94 bits per heavy atom. The number of amides is 1. The molecule has 0 fully saturated rings. The normalized spacial score (nSPS) is 9.88. The molecule has 88 valence electrons. The summed E-state index contributed by atoms with van der Waals surface area (Å²) < 4.78 is 0. The van der Waals surface area contributed by atoms with E-state index in [0.717, 1.165) is 6.42 Å². The molecule has 0 unspecified atom stereocenters. The van der Waals surface area contributed by atoms with Gasteiger partial charge in [0.05, 0.1) is 10.7 Å². The van der Waals surface area contributed by atoms with E-state index in [1.165, 1.54) is 13.1 Å². The minimum Gasteiger partial charge on any atom is -0.396 e. The van der Waals surface area contributed by atoms with Gasteiger partial charge in [-0.3, -0.25) is 4.79 Å². The van der Waals surface area contributed by atoms with Crippen LogP contribution in [0.15, 0.2) is 12.3 Å². The largest absolute Gasteiger partial charge is 0.396 e. The molecule has 0 saturated heterocycles. The third-order valence-electron chi connectivity index (χ3n) is 1.90. The molecular weight excluding hydrogens is 228 g/mol. The van der Waals surface area contributed by atoms with Gasteiger partial charge in [0, 0.05) is 26.2 Å². The zero-order valence-corrected chi connectivity index (χ0v) is 9.84. The van der Waals surface area contributed by atoms with Crippen LogP contribution in [0.25, 0.3) is 0 Å². The Labute approximate surface area is 99.4 Å². The Balaban J connectivity index is 2.29. The van der Waals surface area contributed by atoms with Crippen molar-refractivity contribution in [2.75, 3.05) is 24.1 Å². The smallest absolute Gasteiger partial charge is 0.216 e. The standard InChI is InChI=1S/C10H15ClN4O/c1-7(16)13-3-2-4-14-10-9(12)5-8(11)6-15-10/h5-6H,2-4,12H2,1H3,(H,13,16)(H,14,15). The highest BCUT2D eigenvalue weighted by Gasteiger charge is 2.00. The number of nitrogens with two attached hydrogens (primary N) is 1. The van der Waals surface area contributed by atoms with Gasteiger partial charge < -0.3 is 16.4 Å². The predicted molar refractivity (Wildman–Crippen MR) is 65.4 cm³/mol. The lowest BCUT2D eigenvalue weighted by atomic mass is 10.3. The fourth-order valence-electron chi connectivity index (χ4n) is 1.16. The van der Waals surface area contributed by atoms with Gasteiger partial charge in [0.2, 0.25) is 5.91 Å². The van der Waals surface area contributed by atoms with E-state index in [1.807, 2.05) is 0 Å². The first-order valence-corrected chi connectivity index (χ1v) is 5.36. The first-order chi connectivity index (χ1) is 7.59. The molecule has 4 N–H and O–H groups in total. The molecule has 0 bridgehead atoms. The summed E-state index contributed by atoms with van der Waals surface area (Å²) in [6.07, 6.45) is 2.34. The number of aromatic nitrogens is 1. The molecule has 0 radical (unpaired) electrons. The van der Waals surface area contributed by atoms with Crippen molar-refractivity contribution >= 4 is 29.0 Å². The van der Waals surface area contributed by atoms with Crippen LogP contribution in [-0.2, 0) is 4.79 Å². The second kappa shape index (κ2) is 6.17. The molecule has 6 heteroatoms. The van der Waals surface area contributed by atoms with Crippen molar-refractivity contribution in [3.63, 3.8) is 0 Å². The molecule has 1 aromatic heterocycles. The number of pyridine rings is 1. The fraction of sp³-hybridized carbons (Fsp3) is 0.400. The minimum absolute atomic E-state index is 0.0240. The highest BCUT2D eigenvalue weighted by Crippen LogP contribution is 2.18. The van der Waals surface area contributed by atoms with E-state index in [9.17, 15) is 4.79 Å². The van der Waals surface area contributed by atoms with Crippen molar-refractivity contribution in [1.29, 1.82) is 0 Å². The lowest BCUT2D eigenvalue weighted by Gasteiger charge is -2.08. The summed E-state index contributed by atoms with van der Waals surface area (Å²) in [5, 5.41) is 6.29.